The van der Waals surface area contributed by atoms with Crippen LogP contribution in [0.2, 0.25) is 0 Å². The number of carbonyl (C=O) groups is 1. The molecular formula is C14H14N2O. The van der Waals surface area contributed by atoms with Crippen LogP contribution in [0.25, 0.3) is 11.1 Å². The molecule has 86 valence electrons. The first-order valence-electron chi connectivity index (χ1n) is 5.40. The second kappa shape index (κ2) is 4.80. The summed E-state index contributed by atoms with van der Waals surface area (Å²) in [7, 11) is 0. The number of nitrogen functional groups attached to an aromatic ring is 1. The number of hydrogen-bond acceptors (Lipinski definition) is 2. The van der Waals surface area contributed by atoms with Gasteiger partial charge in [-0.25, -0.2) is 5.84 Å². The molecule has 3 heteroatoms. The minimum Gasteiger partial charge on any atom is -0.290 e. The molecule has 0 aromatic heterocycles. The van der Waals surface area contributed by atoms with Crippen LogP contribution in [-0.4, -0.2) is 5.91 Å². The van der Waals surface area contributed by atoms with Crippen molar-refractivity contribution in [3.05, 3.63) is 59.7 Å². The third-order valence-corrected chi connectivity index (χ3v) is 2.79. The Morgan fingerprint density at radius 2 is 1.76 bits per heavy atom. The number of nitrogens with one attached hydrogen (secondary N) is 1. The molecule has 0 aliphatic rings. The number of nitrogens with two attached hydrogens (primary N) is 1. The van der Waals surface area contributed by atoms with Crippen molar-refractivity contribution in [3.8, 4) is 11.1 Å². The summed E-state index contributed by atoms with van der Waals surface area (Å²) in [6.07, 6.45) is 0. The van der Waals surface area contributed by atoms with Crippen LogP contribution in [0.15, 0.2) is 48.5 Å². The Morgan fingerprint density at radius 1 is 1.06 bits per heavy atom. The lowest BCUT2D eigenvalue weighted by molar-refractivity contribution is 0.0953. The Balaban J connectivity index is 2.54. The number of amides is 1. The van der Waals surface area contributed by atoms with Crippen LogP contribution in [0.1, 0.15) is 15.9 Å². The second-order valence-electron chi connectivity index (χ2n) is 3.82. The molecule has 0 fully saturated rings. The highest BCUT2D eigenvalue weighted by Crippen LogP contribution is 2.25. The van der Waals surface area contributed by atoms with Gasteiger partial charge < -0.3 is 0 Å². The van der Waals surface area contributed by atoms with Crippen molar-refractivity contribution in [1.29, 1.82) is 0 Å². The molecule has 0 aliphatic heterocycles. The maximum absolute atomic E-state index is 11.6. The molecule has 3 N–H and O–H groups in total. The average molecular weight is 226 g/mol. The molecule has 0 saturated carbocycles. The molecule has 0 aliphatic carbocycles. The van der Waals surface area contributed by atoms with E-state index in [2.05, 4.69) is 5.43 Å². The molecule has 0 spiro atoms. The lowest BCUT2D eigenvalue weighted by Crippen LogP contribution is -2.30. The lowest BCUT2D eigenvalue weighted by Gasteiger charge is -2.10. The van der Waals surface area contributed by atoms with E-state index in [0.29, 0.717) is 5.56 Å². The number of carbonyl (C=O) groups excluding carboxylic acids is 1. The van der Waals surface area contributed by atoms with Gasteiger partial charge in [-0.1, -0.05) is 42.5 Å². The van der Waals surface area contributed by atoms with E-state index >= 15 is 0 Å². The van der Waals surface area contributed by atoms with Crippen molar-refractivity contribution >= 4 is 5.91 Å². The summed E-state index contributed by atoms with van der Waals surface area (Å²) in [6, 6.07) is 15.6. The number of rotatable bonds is 2. The zero-order chi connectivity index (χ0) is 12.3. The Morgan fingerprint density at radius 3 is 2.41 bits per heavy atom. The summed E-state index contributed by atoms with van der Waals surface area (Å²) < 4.78 is 0. The summed E-state index contributed by atoms with van der Waals surface area (Å²) in [5.74, 6) is 4.90. The molecule has 0 bridgehead atoms. The third kappa shape index (κ3) is 2.19. The van der Waals surface area contributed by atoms with E-state index < -0.39 is 0 Å². The maximum atomic E-state index is 11.6. The van der Waals surface area contributed by atoms with Gasteiger partial charge in [-0.2, -0.15) is 0 Å². The standard InChI is InChI=1S/C14H14N2O/c1-10-12(11-6-3-2-4-7-11)8-5-9-13(10)14(17)16-15/h2-9H,15H2,1H3,(H,16,17). The third-order valence-electron chi connectivity index (χ3n) is 2.79. The van der Waals surface area contributed by atoms with Gasteiger partial charge in [-0.05, 0) is 29.7 Å². The van der Waals surface area contributed by atoms with Crippen LogP contribution in [0.3, 0.4) is 0 Å². The van der Waals surface area contributed by atoms with Crippen molar-refractivity contribution in [3.63, 3.8) is 0 Å². The van der Waals surface area contributed by atoms with E-state index in [1.807, 2.05) is 49.4 Å². The molecule has 2 rings (SSSR count). The first kappa shape index (κ1) is 11.4. The SMILES string of the molecule is Cc1c(C(=O)NN)cccc1-c1ccccc1. The van der Waals surface area contributed by atoms with Gasteiger partial charge in [0.1, 0.15) is 0 Å². The van der Waals surface area contributed by atoms with E-state index in [1.165, 1.54) is 0 Å². The quantitative estimate of drug-likeness (QED) is 0.469. The molecule has 0 radical (unpaired) electrons. The Kier molecular flexibility index (Phi) is 3.21. The Hall–Kier alpha value is -2.13. The molecule has 0 heterocycles. The molecule has 1 amide bonds. The highest BCUT2D eigenvalue weighted by molar-refractivity contribution is 5.97. The molecule has 17 heavy (non-hydrogen) atoms. The normalized spacial score (nSPS) is 10.0. The number of hydrogen-bond donors (Lipinski definition) is 2. The average Bonchev–Trinajstić information content (AvgIpc) is 2.39. The summed E-state index contributed by atoms with van der Waals surface area (Å²) in [6.45, 7) is 1.92. The van der Waals surface area contributed by atoms with Crippen molar-refractivity contribution in [2.75, 3.05) is 0 Å². The Bertz CT molecular complexity index is 535. The summed E-state index contributed by atoms with van der Waals surface area (Å²) >= 11 is 0. The largest absolute Gasteiger partial charge is 0.290 e. The van der Waals surface area contributed by atoms with Gasteiger partial charge in [0, 0.05) is 5.56 Å². The van der Waals surface area contributed by atoms with Crippen molar-refractivity contribution in [2.45, 2.75) is 6.92 Å². The fourth-order valence-corrected chi connectivity index (χ4v) is 1.89. The first-order chi connectivity index (χ1) is 8.24. The molecule has 0 atom stereocenters. The van der Waals surface area contributed by atoms with E-state index in [0.717, 1.165) is 16.7 Å². The number of hydrazine groups is 1. The van der Waals surface area contributed by atoms with E-state index in [4.69, 9.17) is 5.84 Å². The second-order valence-corrected chi connectivity index (χ2v) is 3.82. The van der Waals surface area contributed by atoms with E-state index in [-0.39, 0.29) is 5.91 Å². The minimum absolute atomic E-state index is 0.264. The van der Waals surface area contributed by atoms with Gasteiger partial charge in [-0.3, -0.25) is 10.2 Å². The lowest BCUT2D eigenvalue weighted by atomic mass is 9.96. The van der Waals surface area contributed by atoms with Crippen LogP contribution >= 0.6 is 0 Å². The van der Waals surface area contributed by atoms with Gasteiger partial charge in [0.25, 0.3) is 5.91 Å². The fraction of sp³-hybridized carbons (Fsp3) is 0.0714. The van der Waals surface area contributed by atoms with Gasteiger partial charge in [0.15, 0.2) is 0 Å². The van der Waals surface area contributed by atoms with E-state index in [9.17, 15) is 4.79 Å². The minimum atomic E-state index is -0.264. The van der Waals surface area contributed by atoms with Crippen LogP contribution in [0.5, 0.6) is 0 Å². The topological polar surface area (TPSA) is 55.1 Å². The van der Waals surface area contributed by atoms with E-state index in [1.54, 1.807) is 6.07 Å². The highest BCUT2D eigenvalue weighted by atomic mass is 16.2. The van der Waals surface area contributed by atoms with Crippen LogP contribution in [0, 0.1) is 6.92 Å². The fourth-order valence-electron chi connectivity index (χ4n) is 1.89. The predicted octanol–water partition coefficient (Wildman–Crippen LogP) is 2.27. The molecule has 3 nitrogen and oxygen atoms in total. The summed E-state index contributed by atoms with van der Waals surface area (Å²) in [4.78, 5) is 11.6. The summed E-state index contributed by atoms with van der Waals surface area (Å²) in [5, 5.41) is 0. The zero-order valence-electron chi connectivity index (χ0n) is 9.60. The van der Waals surface area contributed by atoms with Crippen molar-refractivity contribution in [1.82, 2.24) is 5.43 Å². The molecule has 0 saturated heterocycles. The summed E-state index contributed by atoms with van der Waals surface area (Å²) in [5.41, 5.74) is 5.84. The van der Waals surface area contributed by atoms with Crippen LogP contribution < -0.4 is 11.3 Å². The van der Waals surface area contributed by atoms with Gasteiger partial charge in [0.05, 0.1) is 0 Å². The van der Waals surface area contributed by atoms with Crippen LogP contribution in [0.4, 0.5) is 0 Å². The van der Waals surface area contributed by atoms with Gasteiger partial charge in [0.2, 0.25) is 0 Å². The van der Waals surface area contributed by atoms with Crippen molar-refractivity contribution in [2.24, 2.45) is 5.84 Å². The smallest absolute Gasteiger partial charge is 0.265 e. The first-order valence-corrected chi connectivity index (χ1v) is 5.40. The molecule has 2 aromatic rings. The van der Waals surface area contributed by atoms with Gasteiger partial charge in [-0.15, -0.1) is 0 Å². The predicted molar refractivity (Wildman–Crippen MR) is 68.3 cm³/mol. The molecular weight excluding hydrogens is 212 g/mol. The highest BCUT2D eigenvalue weighted by Gasteiger charge is 2.10. The monoisotopic (exact) mass is 226 g/mol. The number of benzene rings is 2. The van der Waals surface area contributed by atoms with Gasteiger partial charge >= 0.3 is 0 Å². The Labute approximate surface area is 100 Å². The molecule has 0 unspecified atom stereocenters. The van der Waals surface area contributed by atoms with Crippen molar-refractivity contribution < 1.29 is 4.79 Å². The molecule has 2 aromatic carbocycles. The maximum Gasteiger partial charge on any atom is 0.265 e. The zero-order valence-corrected chi connectivity index (χ0v) is 9.60. The van der Waals surface area contributed by atoms with Crippen LogP contribution in [-0.2, 0) is 0 Å².